The van der Waals surface area contributed by atoms with Crippen LogP contribution in [0.3, 0.4) is 0 Å². The molecule has 0 aliphatic carbocycles. The fourth-order valence-corrected chi connectivity index (χ4v) is 5.26. The van der Waals surface area contributed by atoms with Gasteiger partial charge in [0, 0.05) is 69.9 Å². The molecule has 0 N–H and O–H groups in total. The Kier molecular flexibility index (Phi) is 9.90. The topological polar surface area (TPSA) is 70.9 Å². The van der Waals surface area contributed by atoms with E-state index in [1.54, 1.807) is 18.2 Å². The minimum atomic E-state index is -4.47. The molecule has 2 aromatic carbocycles. The number of anilines is 1. The molecule has 0 bridgehead atoms. The maximum absolute atomic E-state index is 13.3. The third-order valence-electron chi connectivity index (χ3n) is 7.61. The maximum atomic E-state index is 13.3. The number of alkyl halides is 3. The highest BCUT2D eigenvalue weighted by molar-refractivity contribution is 6.05. The molecular formula is C32H35ClF3N5O3. The number of amides is 2. The molecule has 12 heteroatoms. The van der Waals surface area contributed by atoms with Crippen molar-refractivity contribution in [2.24, 2.45) is 13.0 Å². The average Bonchev–Trinajstić information content (AvgIpc) is 3.31. The second-order valence-electron chi connectivity index (χ2n) is 11.2. The summed E-state index contributed by atoms with van der Waals surface area (Å²) in [5, 5.41) is 0.920. The monoisotopic (exact) mass is 629 g/mol. The quantitative estimate of drug-likeness (QED) is 0.234. The lowest BCUT2D eigenvalue weighted by Crippen LogP contribution is -2.49. The van der Waals surface area contributed by atoms with Crippen LogP contribution in [0.25, 0.3) is 10.9 Å². The molecule has 44 heavy (non-hydrogen) atoms. The number of aryl methyl sites for hydroxylation is 1. The van der Waals surface area contributed by atoms with Gasteiger partial charge in [0.25, 0.3) is 11.8 Å². The highest BCUT2D eigenvalue weighted by Gasteiger charge is 2.30. The molecule has 0 radical (unpaired) electrons. The van der Waals surface area contributed by atoms with E-state index in [1.807, 2.05) is 34.7 Å². The minimum Gasteiger partial charge on any atom is -0.439 e. The number of pyridine rings is 1. The Balaban J connectivity index is 0.00000442. The van der Waals surface area contributed by atoms with E-state index < -0.39 is 17.6 Å². The van der Waals surface area contributed by atoms with E-state index in [9.17, 15) is 22.8 Å². The van der Waals surface area contributed by atoms with Crippen LogP contribution in [0.4, 0.5) is 18.9 Å². The van der Waals surface area contributed by atoms with Gasteiger partial charge in [-0.25, -0.2) is 4.98 Å². The SMILES string of the molecule is CC(C)CN1CCN(C(=O)c2cc3ccc(Oc4ccc(N(C)C(=O)c5ccc(C(F)(F)F)cc5)cn4)cc3n2C)CC1.Cl. The molecule has 2 aromatic heterocycles. The summed E-state index contributed by atoms with van der Waals surface area (Å²) in [5.74, 6) is 0.961. The third-order valence-corrected chi connectivity index (χ3v) is 7.61. The van der Waals surface area contributed by atoms with Crippen LogP contribution in [0.1, 0.15) is 40.3 Å². The van der Waals surface area contributed by atoms with E-state index >= 15 is 0 Å². The van der Waals surface area contributed by atoms with Crippen LogP contribution in [0.2, 0.25) is 0 Å². The second kappa shape index (κ2) is 13.3. The standard InChI is InChI=1S/C32H34F3N5O3.ClH/c1-21(2)20-39-13-15-40(16-14-39)31(42)28-17-23-7-11-26(18-27(23)38(28)4)43-29-12-10-25(19-36-29)37(3)30(41)22-5-8-24(9-6-22)32(33,34)35;/h5-12,17-19,21H,13-16,20H2,1-4H3;1H. The average molecular weight is 630 g/mol. The number of hydrogen-bond acceptors (Lipinski definition) is 5. The van der Waals surface area contributed by atoms with Gasteiger partial charge in [-0.1, -0.05) is 13.8 Å². The molecule has 234 valence electrons. The van der Waals surface area contributed by atoms with Crippen molar-refractivity contribution in [3.05, 3.63) is 83.7 Å². The molecule has 1 fully saturated rings. The molecule has 3 heterocycles. The van der Waals surface area contributed by atoms with Crippen LogP contribution < -0.4 is 9.64 Å². The van der Waals surface area contributed by atoms with E-state index in [-0.39, 0.29) is 23.9 Å². The Morgan fingerprint density at radius 3 is 2.25 bits per heavy atom. The minimum absolute atomic E-state index is 0. The summed E-state index contributed by atoms with van der Waals surface area (Å²) >= 11 is 0. The lowest BCUT2D eigenvalue weighted by atomic mass is 10.1. The molecule has 5 rings (SSSR count). The summed E-state index contributed by atoms with van der Waals surface area (Å²) < 4.78 is 46.4. The van der Waals surface area contributed by atoms with Crippen LogP contribution in [0, 0.1) is 5.92 Å². The van der Waals surface area contributed by atoms with Gasteiger partial charge < -0.3 is 19.1 Å². The molecule has 0 unspecified atom stereocenters. The number of rotatable bonds is 7. The molecule has 0 saturated carbocycles. The smallest absolute Gasteiger partial charge is 0.416 e. The van der Waals surface area contributed by atoms with Gasteiger partial charge in [0.2, 0.25) is 5.88 Å². The molecule has 1 aliphatic rings. The Bertz CT molecular complexity index is 1610. The zero-order valence-corrected chi connectivity index (χ0v) is 25.8. The fraction of sp³-hybridized carbons (Fsp3) is 0.344. The first-order chi connectivity index (χ1) is 20.4. The van der Waals surface area contributed by atoms with Crippen molar-refractivity contribution in [1.82, 2.24) is 19.4 Å². The number of piperazine rings is 1. The highest BCUT2D eigenvalue weighted by atomic mass is 35.5. The summed E-state index contributed by atoms with van der Waals surface area (Å²) in [7, 11) is 3.39. The van der Waals surface area contributed by atoms with Crippen molar-refractivity contribution in [1.29, 1.82) is 0 Å². The first-order valence-electron chi connectivity index (χ1n) is 14.1. The molecule has 0 spiro atoms. The van der Waals surface area contributed by atoms with E-state index in [1.165, 1.54) is 18.1 Å². The molecule has 1 aliphatic heterocycles. The number of carbonyl (C=O) groups excluding carboxylic acids is 2. The maximum Gasteiger partial charge on any atom is 0.416 e. The highest BCUT2D eigenvalue weighted by Crippen LogP contribution is 2.30. The van der Waals surface area contributed by atoms with Gasteiger partial charge >= 0.3 is 6.18 Å². The Morgan fingerprint density at radius 1 is 0.977 bits per heavy atom. The zero-order valence-electron chi connectivity index (χ0n) is 25.0. The van der Waals surface area contributed by atoms with E-state index in [4.69, 9.17) is 4.74 Å². The summed E-state index contributed by atoms with van der Waals surface area (Å²) in [6.45, 7) is 8.59. The largest absolute Gasteiger partial charge is 0.439 e. The lowest BCUT2D eigenvalue weighted by Gasteiger charge is -2.35. The van der Waals surface area contributed by atoms with Crippen molar-refractivity contribution in [2.45, 2.75) is 20.0 Å². The summed E-state index contributed by atoms with van der Waals surface area (Å²) in [6.07, 6.45) is -3.02. The molecule has 2 amide bonds. The van der Waals surface area contributed by atoms with Crippen LogP contribution in [0.15, 0.2) is 66.9 Å². The first-order valence-corrected chi connectivity index (χ1v) is 14.1. The van der Waals surface area contributed by atoms with Crippen LogP contribution >= 0.6 is 12.4 Å². The van der Waals surface area contributed by atoms with Gasteiger partial charge in [-0.3, -0.25) is 14.5 Å². The van der Waals surface area contributed by atoms with Crippen molar-refractivity contribution in [2.75, 3.05) is 44.7 Å². The van der Waals surface area contributed by atoms with Crippen molar-refractivity contribution in [3.8, 4) is 11.6 Å². The number of fused-ring (bicyclic) bond motifs is 1. The first kappa shape index (κ1) is 32.8. The van der Waals surface area contributed by atoms with Gasteiger partial charge in [-0.2, -0.15) is 13.2 Å². The summed E-state index contributed by atoms with van der Waals surface area (Å²) in [5.41, 5.74) is 1.22. The van der Waals surface area contributed by atoms with Gasteiger partial charge in [-0.15, -0.1) is 12.4 Å². The number of ether oxygens (including phenoxy) is 1. The number of nitrogens with zero attached hydrogens (tertiary/aromatic N) is 5. The molecule has 8 nitrogen and oxygen atoms in total. The molecular weight excluding hydrogens is 595 g/mol. The van der Waals surface area contributed by atoms with Crippen molar-refractivity contribution < 1.29 is 27.5 Å². The zero-order chi connectivity index (χ0) is 30.9. The number of benzene rings is 2. The van der Waals surface area contributed by atoms with Crippen LogP contribution in [-0.4, -0.2) is 70.9 Å². The molecule has 4 aromatic rings. The Morgan fingerprint density at radius 2 is 1.66 bits per heavy atom. The fourth-order valence-electron chi connectivity index (χ4n) is 5.26. The normalized spacial score (nSPS) is 14.0. The third kappa shape index (κ3) is 7.16. The second-order valence-corrected chi connectivity index (χ2v) is 11.2. The van der Waals surface area contributed by atoms with Crippen molar-refractivity contribution >= 4 is 40.8 Å². The molecule has 0 atom stereocenters. The van der Waals surface area contributed by atoms with Gasteiger partial charge in [0.05, 0.1) is 23.0 Å². The summed E-state index contributed by atoms with van der Waals surface area (Å²) in [6, 6.07) is 14.8. The number of halogens is 4. The van der Waals surface area contributed by atoms with Crippen LogP contribution in [-0.2, 0) is 13.2 Å². The van der Waals surface area contributed by atoms with E-state index in [0.29, 0.717) is 42.0 Å². The lowest BCUT2D eigenvalue weighted by molar-refractivity contribution is -0.137. The number of aromatic nitrogens is 2. The van der Waals surface area contributed by atoms with Gasteiger partial charge in [0.1, 0.15) is 11.4 Å². The van der Waals surface area contributed by atoms with Gasteiger partial charge in [-0.05, 0) is 54.4 Å². The number of carbonyl (C=O) groups is 2. The van der Waals surface area contributed by atoms with Crippen molar-refractivity contribution in [3.63, 3.8) is 0 Å². The van der Waals surface area contributed by atoms with E-state index in [2.05, 4.69) is 23.7 Å². The summed E-state index contributed by atoms with van der Waals surface area (Å²) in [4.78, 5) is 36.1. The van der Waals surface area contributed by atoms with Gasteiger partial charge in [0.15, 0.2) is 0 Å². The molecule has 1 saturated heterocycles. The van der Waals surface area contributed by atoms with Crippen LogP contribution in [0.5, 0.6) is 11.6 Å². The Hall–Kier alpha value is -4.09. The Labute approximate surface area is 260 Å². The predicted octanol–water partition coefficient (Wildman–Crippen LogP) is 6.50. The number of hydrogen-bond donors (Lipinski definition) is 0. The predicted molar refractivity (Wildman–Crippen MR) is 166 cm³/mol. The van der Waals surface area contributed by atoms with E-state index in [0.717, 1.165) is 54.8 Å².